The zero-order valence-corrected chi connectivity index (χ0v) is 16.2. The van der Waals surface area contributed by atoms with Crippen LogP contribution in [0.15, 0.2) is 60.8 Å². The Morgan fingerprint density at radius 3 is 2.54 bits per heavy atom. The lowest BCUT2D eigenvalue weighted by Crippen LogP contribution is -2.13. The molecule has 2 heterocycles. The van der Waals surface area contributed by atoms with Crippen LogP contribution in [0.2, 0.25) is 0 Å². The molecule has 0 saturated carbocycles. The van der Waals surface area contributed by atoms with Crippen molar-refractivity contribution < 1.29 is 18.9 Å². The Bertz CT molecular complexity index is 901. The number of nitrogens with one attached hydrogen (secondary N) is 1. The quantitative estimate of drug-likeness (QED) is 0.637. The van der Waals surface area contributed by atoms with E-state index in [-0.39, 0.29) is 19.2 Å². The summed E-state index contributed by atoms with van der Waals surface area (Å²) in [5, 5.41) is 3.40. The molecule has 1 aromatic heterocycles. The smallest absolute Gasteiger partial charge is 0.231 e. The Kier molecular flexibility index (Phi) is 6.57. The predicted molar refractivity (Wildman–Crippen MR) is 108 cm³/mol. The van der Waals surface area contributed by atoms with Gasteiger partial charge in [-0.1, -0.05) is 18.2 Å². The lowest BCUT2D eigenvalue weighted by molar-refractivity contribution is 0.173. The van der Waals surface area contributed by atoms with E-state index in [0.717, 1.165) is 28.4 Å². The zero-order chi connectivity index (χ0) is 18.5. The molecular formula is C21H21ClN2O4. The number of rotatable bonds is 7. The number of nitrogens with zero attached hydrogens (tertiary/aromatic N) is 1. The van der Waals surface area contributed by atoms with Crippen LogP contribution in [-0.4, -0.2) is 18.9 Å². The predicted octanol–water partition coefficient (Wildman–Crippen LogP) is 4.32. The minimum atomic E-state index is 0. The third kappa shape index (κ3) is 4.65. The first-order valence-corrected chi connectivity index (χ1v) is 8.67. The maximum absolute atomic E-state index is 5.74. The molecule has 4 rings (SSSR count). The summed E-state index contributed by atoms with van der Waals surface area (Å²) in [7, 11) is 1.64. The van der Waals surface area contributed by atoms with Crippen LogP contribution >= 0.6 is 12.4 Å². The molecule has 0 bridgehead atoms. The zero-order valence-electron chi connectivity index (χ0n) is 15.4. The average molecular weight is 401 g/mol. The van der Waals surface area contributed by atoms with E-state index >= 15 is 0 Å². The standard InChI is InChI=1S/C21H20N2O4.ClH/c1-24-17-6-8-18(9-7-17)27-20-10-5-15(12-23-20)11-22-13-16-3-2-4-19-21(16)26-14-25-19;/h2-10,12,22H,11,13-14H2,1H3;1H. The molecule has 7 heteroatoms. The number of para-hydroxylation sites is 1. The van der Waals surface area contributed by atoms with Gasteiger partial charge in [0, 0.05) is 30.9 Å². The molecule has 0 spiro atoms. The van der Waals surface area contributed by atoms with Crippen molar-refractivity contribution in [2.24, 2.45) is 0 Å². The number of hydrogen-bond donors (Lipinski definition) is 1. The minimum absolute atomic E-state index is 0. The average Bonchev–Trinajstić information content (AvgIpc) is 3.20. The van der Waals surface area contributed by atoms with Crippen LogP contribution in [0.1, 0.15) is 11.1 Å². The monoisotopic (exact) mass is 400 g/mol. The van der Waals surface area contributed by atoms with Crippen LogP contribution in [0.3, 0.4) is 0 Å². The number of pyridine rings is 1. The number of fused-ring (bicyclic) bond motifs is 1. The van der Waals surface area contributed by atoms with Crippen LogP contribution in [0.25, 0.3) is 0 Å². The number of hydrogen-bond acceptors (Lipinski definition) is 6. The van der Waals surface area contributed by atoms with E-state index in [1.54, 1.807) is 13.3 Å². The summed E-state index contributed by atoms with van der Waals surface area (Å²) in [4.78, 5) is 4.36. The fourth-order valence-corrected chi connectivity index (χ4v) is 2.81. The summed E-state index contributed by atoms with van der Waals surface area (Å²) >= 11 is 0. The highest BCUT2D eigenvalue weighted by Gasteiger charge is 2.16. The molecule has 2 aromatic carbocycles. The normalized spacial score (nSPS) is 11.6. The Labute approximate surface area is 169 Å². The van der Waals surface area contributed by atoms with E-state index in [0.29, 0.717) is 24.7 Å². The molecule has 0 amide bonds. The van der Waals surface area contributed by atoms with E-state index < -0.39 is 0 Å². The SMILES string of the molecule is COc1ccc(Oc2ccc(CNCc3cccc4c3OCO4)cn2)cc1.Cl. The van der Waals surface area contributed by atoms with Crippen molar-refractivity contribution in [1.82, 2.24) is 10.3 Å². The Hall–Kier alpha value is -2.96. The number of benzene rings is 2. The molecule has 0 fully saturated rings. The molecule has 0 unspecified atom stereocenters. The highest BCUT2D eigenvalue weighted by atomic mass is 35.5. The third-order valence-electron chi connectivity index (χ3n) is 4.20. The van der Waals surface area contributed by atoms with Crippen molar-refractivity contribution in [2.45, 2.75) is 13.1 Å². The Balaban J connectivity index is 0.00000225. The molecule has 0 aliphatic carbocycles. The highest BCUT2D eigenvalue weighted by molar-refractivity contribution is 5.85. The van der Waals surface area contributed by atoms with Gasteiger partial charge in [0.25, 0.3) is 0 Å². The van der Waals surface area contributed by atoms with Crippen LogP contribution in [-0.2, 0) is 13.1 Å². The van der Waals surface area contributed by atoms with Crippen molar-refractivity contribution in [3.8, 4) is 28.9 Å². The Morgan fingerprint density at radius 2 is 1.79 bits per heavy atom. The minimum Gasteiger partial charge on any atom is -0.497 e. The van der Waals surface area contributed by atoms with Gasteiger partial charge in [-0.05, 0) is 35.9 Å². The molecule has 0 radical (unpaired) electrons. The van der Waals surface area contributed by atoms with Gasteiger partial charge >= 0.3 is 0 Å². The summed E-state index contributed by atoms with van der Waals surface area (Å²) < 4.78 is 21.8. The molecule has 1 N–H and O–H groups in total. The van der Waals surface area contributed by atoms with E-state index in [4.69, 9.17) is 18.9 Å². The van der Waals surface area contributed by atoms with Gasteiger partial charge in [-0.3, -0.25) is 0 Å². The summed E-state index contributed by atoms with van der Waals surface area (Å²) in [6.45, 7) is 1.67. The lowest BCUT2D eigenvalue weighted by Gasteiger charge is -2.09. The summed E-state index contributed by atoms with van der Waals surface area (Å²) in [6.07, 6.45) is 1.81. The van der Waals surface area contributed by atoms with Crippen molar-refractivity contribution in [3.63, 3.8) is 0 Å². The second kappa shape index (κ2) is 9.30. The number of halogens is 1. The maximum Gasteiger partial charge on any atom is 0.231 e. The molecule has 1 aliphatic heterocycles. The number of aromatic nitrogens is 1. The second-order valence-electron chi connectivity index (χ2n) is 6.04. The molecule has 3 aromatic rings. The molecular weight excluding hydrogens is 380 g/mol. The first-order valence-electron chi connectivity index (χ1n) is 8.67. The number of methoxy groups -OCH3 is 1. The van der Waals surface area contributed by atoms with Crippen LogP contribution < -0.4 is 24.3 Å². The summed E-state index contributed by atoms with van der Waals surface area (Å²) in [5.41, 5.74) is 2.15. The number of ether oxygens (including phenoxy) is 4. The maximum atomic E-state index is 5.74. The molecule has 0 saturated heterocycles. The molecule has 1 aliphatic rings. The van der Waals surface area contributed by atoms with Gasteiger partial charge in [-0.15, -0.1) is 12.4 Å². The van der Waals surface area contributed by atoms with E-state index in [2.05, 4.69) is 10.3 Å². The summed E-state index contributed by atoms with van der Waals surface area (Å²) in [5.74, 6) is 3.68. The van der Waals surface area contributed by atoms with E-state index in [1.807, 2.05) is 54.6 Å². The van der Waals surface area contributed by atoms with Gasteiger partial charge in [0.2, 0.25) is 12.7 Å². The summed E-state index contributed by atoms with van der Waals surface area (Å²) in [6, 6.07) is 17.2. The van der Waals surface area contributed by atoms with Gasteiger partial charge in [-0.2, -0.15) is 0 Å². The van der Waals surface area contributed by atoms with Gasteiger partial charge in [-0.25, -0.2) is 4.98 Å². The van der Waals surface area contributed by atoms with Crippen molar-refractivity contribution >= 4 is 12.4 Å². The Morgan fingerprint density at radius 1 is 0.964 bits per heavy atom. The van der Waals surface area contributed by atoms with Crippen LogP contribution in [0.4, 0.5) is 0 Å². The fraction of sp³-hybridized carbons (Fsp3) is 0.190. The molecule has 0 atom stereocenters. The largest absolute Gasteiger partial charge is 0.497 e. The van der Waals surface area contributed by atoms with Crippen molar-refractivity contribution in [2.75, 3.05) is 13.9 Å². The van der Waals surface area contributed by atoms with Crippen LogP contribution in [0, 0.1) is 0 Å². The first-order chi connectivity index (χ1) is 13.3. The van der Waals surface area contributed by atoms with E-state index in [9.17, 15) is 0 Å². The highest BCUT2D eigenvalue weighted by Crippen LogP contribution is 2.35. The van der Waals surface area contributed by atoms with Gasteiger partial charge in [0.15, 0.2) is 11.5 Å². The van der Waals surface area contributed by atoms with Gasteiger partial charge < -0.3 is 24.3 Å². The third-order valence-corrected chi connectivity index (χ3v) is 4.20. The molecule has 146 valence electrons. The fourth-order valence-electron chi connectivity index (χ4n) is 2.81. The lowest BCUT2D eigenvalue weighted by atomic mass is 10.2. The first kappa shape index (κ1) is 19.8. The molecule has 6 nitrogen and oxygen atoms in total. The van der Waals surface area contributed by atoms with Gasteiger partial charge in [0.05, 0.1) is 7.11 Å². The van der Waals surface area contributed by atoms with Gasteiger partial charge in [0.1, 0.15) is 11.5 Å². The van der Waals surface area contributed by atoms with Crippen molar-refractivity contribution in [3.05, 3.63) is 71.9 Å². The topological polar surface area (TPSA) is 61.8 Å². The second-order valence-corrected chi connectivity index (χ2v) is 6.04. The van der Waals surface area contributed by atoms with Crippen LogP contribution in [0.5, 0.6) is 28.9 Å². The molecule has 28 heavy (non-hydrogen) atoms. The van der Waals surface area contributed by atoms with Crippen molar-refractivity contribution in [1.29, 1.82) is 0 Å². The van der Waals surface area contributed by atoms with E-state index in [1.165, 1.54) is 0 Å².